The van der Waals surface area contributed by atoms with E-state index in [2.05, 4.69) is 5.32 Å². The highest BCUT2D eigenvalue weighted by Gasteiger charge is 2.35. The molecule has 1 rings (SSSR count). The number of alkyl halides is 3. The first-order valence-electron chi connectivity index (χ1n) is 6.62. The van der Waals surface area contributed by atoms with Gasteiger partial charge in [-0.1, -0.05) is 13.8 Å². The average Bonchev–Trinajstić information content (AvgIpc) is 2.42. The lowest BCUT2D eigenvalue weighted by Gasteiger charge is -2.28. The van der Waals surface area contributed by atoms with Gasteiger partial charge in [0, 0.05) is 6.54 Å². The van der Waals surface area contributed by atoms with Crippen molar-refractivity contribution in [3.63, 3.8) is 0 Å². The van der Waals surface area contributed by atoms with Gasteiger partial charge in [0.05, 0.1) is 16.7 Å². The summed E-state index contributed by atoms with van der Waals surface area (Å²) >= 11 is 0. The maximum Gasteiger partial charge on any atom is 0.416 e. The first-order valence-corrected chi connectivity index (χ1v) is 6.62. The number of anilines is 1. The van der Waals surface area contributed by atoms with Crippen molar-refractivity contribution in [2.75, 3.05) is 11.9 Å². The maximum atomic E-state index is 12.7. The lowest BCUT2D eigenvalue weighted by molar-refractivity contribution is -0.137. The van der Waals surface area contributed by atoms with Crippen LogP contribution in [0.5, 0.6) is 5.75 Å². The molecule has 7 heteroatoms. The van der Waals surface area contributed by atoms with Crippen molar-refractivity contribution in [1.82, 2.24) is 0 Å². The molecule has 0 aliphatic carbocycles. The summed E-state index contributed by atoms with van der Waals surface area (Å²) in [4.78, 5) is 12.3. The summed E-state index contributed by atoms with van der Waals surface area (Å²) in [5.41, 5.74) is 3.55. The van der Waals surface area contributed by atoms with E-state index in [1.54, 1.807) is 13.8 Å². The van der Waals surface area contributed by atoms with Gasteiger partial charge >= 0.3 is 6.18 Å². The van der Waals surface area contributed by atoms with Crippen molar-refractivity contribution in [3.05, 3.63) is 23.8 Å². The van der Waals surface area contributed by atoms with Crippen LogP contribution in [0.15, 0.2) is 18.2 Å². The topological polar surface area (TPSA) is 75.4 Å². The van der Waals surface area contributed by atoms with Gasteiger partial charge in [-0.15, -0.1) is 0 Å². The Morgan fingerprint density at radius 2 is 1.86 bits per heavy atom. The molecule has 118 valence electrons. The Morgan fingerprint density at radius 3 is 2.29 bits per heavy atom. The highest BCUT2D eigenvalue weighted by atomic mass is 19.4. The zero-order valence-corrected chi connectivity index (χ0v) is 11.9. The number of nitrogens with two attached hydrogens (primary N) is 1. The number of carbonyl (C=O) groups excluding carboxylic acids is 1. The van der Waals surface area contributed by atoms with Crippen molar-refractivity contribution >= 4 is 11.6 Å². The molecule has 4 N–H and O–H groups in total. The van der Waals surface area contributed by atoms with Crippen LogP contribution in [0.25, 0.3) is 0 Å². The van der Waals surface area contributed by atoms with Crippen LogP contribution in [0.1, 0.15) is 32.3 Å². The van der Waals surface area contributed by atoms with Crippen LogP contribution in [0.2, 0.25) is 0 Å². The summed E-state index contributed by atoms with van der Waals surface area (Å²) in [5, 5.41) is 12.0. The quantitative estimate of drug-likeness (QED) is 0.732. The molecular formula is C14H19F3N2O2. The molecular weight excluding hydrogens is 285 g/mol. The summed E-state index contributed by atoms with van der Waals surface area (Å²) in [6.45, 7) is 3.63. The number of rotatable bonds is 5. The number of hydrogen-bond acceptors (Lipinski definition) is 3. The molecule has 0 bridgehead atoms. The molecule has 0 aliphatic heterocycles. The zero-order valence-electron chi connectivity index (χ0n) is 11.9. The van der Waals surface area contributed by atoms with Crippen LogP contribution >= 0.6 is 0 Å². The first kappa shape index (κ1) is 17.3. The number of nitrogens with one attached hydrogen (secondary N) is 1. The molecule has 4 nitrogen and oxygen atoms in total. The van der Waals surface area contributed by atoms with Crippen LogP contribution in [0.3, 0.4) is 0 Å². The van der Waals surface area contributed by atoms with Gasteiger partial charge in [0.15, 0.2) is 0 Å². The maximum absolute atomic E-state index is 12.7. The average molecular weight is 304 g/mol. The molecule has 0 aromatic heterocycles. The molecule has 0 spiro atoms. The Kier molecular flexibility index (Phi) is 5.22. The van der Waals surface area contributed by atoms with E-state index in [9.17, 15) is 23.1 Å². The fourth-order valence-corrected chi connectivity index (χ4v) is 2.02. The Bertz CT molecular complexity index is 503. The van der Waals surface area contributed by atoms with E-state index in [1.165, 1.54) is 0 Å². The minimum Gasteiger partial charge on any atom is -0.506 e. The summed E-state index contributed by atoms with van der Waals surface area (Å²) < 4.78 is 38.0. The second-order valence-electron chi connectivity index (χ2n) is 4.88. The largest absolute Gasteiger partial charge is 0.506 e. The van der Waals surface area contributed by atoms with Gasteiger partial charge in [-0.05, 0) is 31.0 Å². The fourth-order valence-electron chi connectivity index (χ4n) is 2.02. The number of phenolic OH excluding ortho intramolecular Hbond substituents is 1. The summed E-state index contributed by atoms with van der Waals surface area (Å²) in [6.07, 6.45) is -3.65. The molecule has 0 radical (unpaired) electrons. The fraction of sp³-hybridized carbons (Fsp3) is 0.500. The number of benzene rings is 1. The molecule has 1 aromatic rings. The number of amides is 1. The number of aromatic hydroxyl groups is 1. The Hall–Kier alpha value is -1.76. The van der Waals surface area contributed by atoms with Gasteiger partial charge in [0.1, 0.15) is 5.75 Å². The predicted molar refractivity (Wildman–Crippen MR) is 73.8 cm³/mol. The van der Waals surface area contributed by atoms with E-state index in [0.717, 1.165) is 12.1 Å². The number of hydrogen-bond donors (Lipinski definition) is 3. The lowest BCUT2D eigenvalue weighted by Crippen LogP contribution is -2.41. The van der Waals surface area contributed by atoms with Gasteiger partial charge in [0.25, 0.3) is 0 Å². The number of halogens is 3. The third kappa shape index (κ3) is 3.66. The molecule has 0 heterocycles. The highest BCUT2D eigenvalue weighted by molar-refractivity contribution is 5.96. The molecule has 0 atom stereocenters. The predicted octanol–water partition coefficient (Wildman–Crippen LogP) is 3.11. The van der Waals surface area contributed by atoms with E-state index >= 15 is 0 Å². The molecule has 0 unspecified atom stereocenters. The second kappa shape index (κ2) is 6.34. The van der Waals surface area contributed by atoms with Gasteiger partial charge < -0.3 is 16.2 Å². The third-order valence-electron chi connectivity index (χ3n) is 3.80. The van der Waals surface area contributed by atoms with E-state index in [-0.39, 0.29) is 12.2 Å². The molecule has 21 heavy (non-hydrogen) atoms. The third-order valence-corrected chi connectivity index (χ3v) is 3.80. The van der Waals surface area contributed by atoms with Crippen LogP contribution in [-0.2, 0) is 11.0 Å². The molecule has 0 aliphatic rings. The summed E-state index contributed by atoms with van der Waals surface area (Å²) in [7, 11) is 0. The number of carbonyl (C=O) groups is 1. The van der Waals surface area contributed by atoms with E-state index in [0.29, 0.717) is 18.9 Å². The van der Waals surface area contributed by atoms with Crippen molar-refractivity contribution in [1.29, 1.82) is 0 Å². The smallest absolute Gasteiger partial charge is 0.416 e. The molecule has 1 amide bonds. The van der Waals surface area contributed by atoms with Gasteiger partial charge in [-0.2, -0.15) is 13.2 Å². The van der Waals surface area contributed by atoms with E-state index < -0.39 is 28.8 Å². The monoisotopic (exact) mass is 304 g/mol. The first-order chi connectivity index (χ1) is 9.70. The highest BCUT2D eigenvalue weighted by Crippen LogP contribution is 2.35. The minimum atomic E-state index is -4.55. The second-order valence-corrected chi connectivity index (χ2v) is 4.88. The molecule has 1 aromatic carbocycles. The normalized spacial score (nSPS) is 12.3. The minimum absolute atomic E-state index is 0.0750. The Labute approximate surface area is 121 Å². The van der Waals surface area contributed by atoms with Crippen LogP contribution in [0, 0.1) is 5.41 Å². The van der Waals surface area contributed by atoms with Gasteiger partial charge in [-0.3, -0.25) is 4.79 Å². The van der Waals surface area contributed by atoms with Crippen molar-refractivity contribution in [2.24, 2.45) is 11.1 Å². The number of phenols is 1. The SMILES string of the molecule is CCC(CC)(CN)C(=O)Nc1cc(C(F)(F)F)ccc1O. The van der Waals surface area contributed by atoms with E-state index in [4.69, 9.17) is 5.73 Å². The van der Waals surface area contributed by atoms with Crippen molar-refractivity contribution < 1.29 is 23.1 Å². The molecule has 0 saturated heterocycles. The van der Waals surface area contributed by atoms with Crippen molar-refractivity contribution in [2.45, 2.75) is 32.9 Å². The lowest BCUT2D eigenvalue weighted by atomic mass is 9.81. The van der Waals surface area contributed by atoms with Gasteiger partial charge in [-0.25, -0.2) is 0 Å². The Balaban J connectivity index is 3.10. The van der Waals surface area contributed by atoms with Crippen LogP contribution < -0.4 is 11.1 Å². The zero-order chi connectivity index (χ0) is 16.3. The summed E-state index contributed by atoms with van der Waals surface area (Å²) in [6, 6.07) is 2.36. The Morgan fingerprint density at radius 1 is 1.29 bits per heavy atom. The summed E-state index contributed by atoms with van der Waals surface area (Å²) in [5.74, 6) is -0.917. The van der Waals surface area contributed by atoms with E-state index in [1.807, 2.05) is 0 Å². The molecule has 0 saturated carbocycles. The van der Waals surface area contributed by atoms with Crippen LogP contribution in [0.4, 0.5) is 18.9 Å². The van der Waals surface area contributed by atoms with Crippen molar-refractivity contribution in [3.8, 4) is 5.75 Å². The standard InChI is InChI=1S/C14H19F3N2O2/c1-3-13(4-2,8-18)12(21)19-10-7-9(14(15,16)17)5-6-11(10)20/h5-7,20H,3-4,8,18H2,1-2H3,(H,19,21). The molecule has 0 fully saturated rings. The van der Waals surface area contributed by atoms with Gasteiger partial charge in [0.2, 0.25) is 5.91 Å². The van der Waals surface area contributed by atoms with Crippen LogP contribution in [-0.4, -0.2) is 17.6 Å².